The third-order valence-corrected chi connectivity index (χ3v) is 2.42. The van der Waals surface area contributed by atoms with Crippen LogP contribution in [0.5, 0.6) is 0 Å². The van der Waals surface area contributed by atoms with E-state index >= 15 is 0 Å². The van der Waals surface area contributed by atoms with Crippen LogP contribution in [0.15, 0.2) is 24.3 Å². The SMILES string of the molecule is Cc1ccccc1N(C)C(=O)C(C)(C)C. The molecule has 2 nitrogen and oxygen atoms in total. The molecule has 0 N–H and O–H groups in total. The second kappa shape index (κ2) is 4.05. The zero-order valence-corrected chi connectivity index (χ0v) is 10.2. The van der Waals surface area contributed by atoms with E-state index < -0.39 is 0 Å². The number of hydrogen-bond acceptors (Lipinski definition) is 1. The van der Waals surface area contributed by atoms with Crippen LogP contribution in [0.2, 0.25) is 0 Å². The monoisotopic (exact) mass is 205 g/mol. The number of nitrogens with zero attached hydrogens (tertiary/aromatic N) is 1. The van der Waals surface area contributed by atoms with Crippen LogP contribution in [0.1, 0.15) is 26.3 Å². The summed E-state index contributed by atoms with van der Waals surface area (Å²) in [7, 11) is 1.83. The normalized spacial score (nSPS) is 11.3. The fourth-order valence-electron chi connectivity index (χ4n) is 1.55. The van der Waals surface area contributed by atoms with Gasteiger partial charge in [-0.25, -0.2) is 0 Å². The van der Waals surface area contributed by atoms with Crippen LogP contribution in [-0.2, 0) is 4.79 Å². The van der Waals surface area contributed by atoms with Crippen LogP contribution in [-0.4, -0.2) is 13.0 Å². The lowest BCUT2D eigenvalue weighted by Gasteiger charge is -2.27. The molecule has 0 aliphatic carbocycles. The largest absolute Gasteiger partial charge is 0.315 e. The molecule has 0 radical (unpaired) electrons. The van der Waals surface area contributed by atoms with Gasteiger partial charge in [0.15, 0.2) is 0 Å². The second-order valence-electron chi connectivity index (χ2n) is 4.90. The highest BCUT2D eigenvalue weighted by Crippen LogP contribution is 2.24. The minimum Gasteiger partial charge on any atom is -0.315 e. The number of anilines is 1. The van der Waals surface area contributed by atoms with Crippen LogP contribution in [0.3, 0.4) is 0 Å². The van der Waals surface area contributed by atoms with Crippen molar-refractivity contribution >= 4 is 11.6 Å². The Hall–Kier alpha value is -1.31. The molecule has 0 aromatic heterocycles. The van der Waals surface area contributed by atoms with E-state index in [-0.39, 0.29) is 11.3 Å². The number of hydrogen-bond donors (Lipinski definition) is 0. The van der Waals surface area contributed by atoms with Crippen LogP contribution >= 0.6 is 0 Å². The first-order valence-electron chi connectivity index (χ1n) is 5.18. The molecule has 0 saturated carbocycles. The van der Waals surface area contributed by atoms with Gasteiger partial charge in [0, 0.05) is 18.2 Å². The van der Waals surface area contributed by atoms with E-state index in [1.54, 1.807) is 4.90 Å². The minimum atomic E-state index is -0.336. The topological polar surface area (TPSA) is 20.3 Å². The van der Waals surface area contributed by atoms with Gasteiger partial charge in [-0.1, -0.05) is 39.0 Å². The molecule has 1 aromatic rings. The predicted molar refractivity (Wildman–Crippen MR) is 64.0 cm³/mol. The van der Waals surface area contributed by atoms with Gasteiger partial charge in [-0.2, -0.15) is 0 Å². The summed E-state index contributed by atoms with van der Waals surface area (Å²) >= 11 is 0. The number of para-hydroxylation sites is 1. The highest BCUT2D eigenvalue weighted by atomic mass is 16.2. The van der Waals surface area contributed by atoms with Crippen molar-refractivity contribution in [3.8, 4) is 0 Å². The highest BCUT2D eigenvalue weighted by Gasteiger charge is 2.26. The summed E-state index contributed by atoms with van der Waals surface area (Å²) in [6.07, 6.45) is 0. The standard InChI is InChI=1S/C13H19NO/c1-10-8-6-7-9-11(10)14(5)12(15)13(2,3)4/h6-9H,1-5H3. The lowest BCUT2D eigenvalue weighted by atomic mass is 9.94. The Morgan fingerprint density at radius 2 is 1.73 bits per heavy atom. The average Bonchev–Trinajstić information content (AvgIpc) is 2.15. The Morgan fingerprint density at radius 3 is 2.20 bits per heavy atom. The lowest BCUT2D eigenvalue weighted by molar-refractivity contribution is -0.125. The Kier molecular flexibility index (Phi) is 3.18. The van der Waals surface area contributed by atoms with Crippen molar-refractivity contribution in [2.24, 2.45) is 5.41 Å². The molecule has 82 valence electrons. The number of benzene rings is 1. The van der Waals surface area contributed by atoms with Crippen LogP contribution in [0, 0.1) is 12.3 Å². The maximum Gasteiger partial charge on any atom is 0.232 e. The first-order chi connectivity index (χ1) is 6.84. The maximum absolute atomic E-state index is 12.0. The molecule has 0 saturated heterocycles. The van der Waals surface area contributed by atoms with Gasteiger partial charge in [-0.05, 0) is 18.6 Å². The summed E-state index contributed by atoms with van der Waals surface area (Å²) in [6.45, 7) is 7.82. The van der Waals surface area contributed by atoms with Crippen molar-refractivity contribution in [3.05, 3.63) is 29.8 Å². The number of rotatable bonds is 1. The third kappa shape index (κ3) is 2.58. The molecule has 0 aliphatic heterocycles. The minimum absolute atomic E-state index is 0.136. The van der Waals surface area contributed by atoms with Gasteiger partial charge in [0.1, 0.15) is 0 Å². The summed E-state index contributed by atoms with van der Waals surface area (Å²) in [5, 5.41) is 0. The summed E-state index contributed by atoms with van der Waals surface area (Å²) in [5.74, 6) is 0.136. The maximum atomic E-state index is 12.0. The first-order valence-corrected chi connectivity index (χ1v) is 5.18. The molecule has 1 aromatic carbocycles. The molecule has 0 spiro atoms. The Morgan fingerprint density at radius 1 is 1.20 bits per heavy atom. The molecule has 15 heavy (non-hydrogen) atoms. The van der Waals surface area contributed by atoms with Gasteiger partial charge in [0.2, 0.25) is 5.91 Å². The molecule has 0 heterocycles. The first kappa shape index (κ1) is 11.8. The number of carbonyl (C=O) groups excluding carboxylic acids is 1. The van der Waals surface area contributed by atoms with Crippen molar-refractivity contribution in [2.75, 3.05) is 11.9 Å². The fourth-order valence-corrected chi connectivity index (χ4v) is 1.55. The van der Waals surface area contributed by atoms with E-state index in [2.05, 4.69) is 0 Å². The summed E-state index contributed by atoms with van der Waals surface area (Å²) in [6, 6.07) is 7.92. The molecule has 0 fully saturated rings. The van der Waals surface area contributed by atoms with E-state index in [0.29, 0.717) is 0 Å². The van der Waals surface area contributed by atoms with E-state index in [4.69, 9.17) is 0 Å². The van der Waals surface area contributed by atoms with Crippen molar-refractivity contribution in [3.63, 3.8) is 0 Å². The van der Waals surface area contributed by atoms with Gasteiger partial charge in [-0.15, -0.1) is 0 Å². The summed E-state index contributed by atoms with van der Waals surface area (Å²) in [4.78, 5) is 13.8. The Bertz CT molecular complexity index is 363. The molecule has 1 amide bonds. The number of aryl methyl sites for hydroxylation is 1. The molecule has 2 heteroatoms. The van der Waals surface area contributed by atoms with Crippen molar-refractivity contribution in [1.29, 1.82) is 0 Å². The predicted octanol–water partition coefficient (Wildman–Crippen LogP) is 3.00. The molecular weight excluding hydrogens is 186 g/mol. The van der Waals surface area contributed by atoms with Gasteiger partial charge in [0.25, 0.3) is 0 Å². The zero-order chi connectivity index (χ0) is 11.6. The summed E-state index contributed by atoms with van der Waals surface area (Å²) in [5.41, 5.74) is 1.77. The third-order valence-electron chi connectivity index (χ3n) is 2.42. The van der Waals surface area contributed by atoms with E-state index in [1.807, 2.05) is 59.0 Å². The van der Waals surface area contributed by atoms with E-state index in [0.717, 1.165) is 11.3 Å². The van der Waals surface area contributed by atoms with Crippen molar-refractivity contribution in [2.45, 2.75) is 27.7 Å². The van der Waals surface area contributed by atoms with E-state index in [1.165, 1.54) is 0 Å². The average molecular weight is 205 g/mol. The second-order valence-corrected chi connectivity index (χ2v) is 4.90. The zero-order valence-electron chi connectivity index (χ0n) is 10.2. The van der Waals surface area contributed by atoms with Crippen molar-refractivity contribution in [1.82, 2.24) is 0 Å². The Labute approximate surface area is 91.9 Å². The quantitative estimate of drug-likeness (QED) is 0.690. The number of amides is 1. The molecule has 1 rings (SSSR count). The summed E-state index contributed by atoms with van der Waals surface area (Å²) < 4.78 is 0. The molecule has 0 atom stereocenters. The van der Waals surface area contributed by atoms with E-state index in [9.17, 15) is 4.79 Å². The van der Waals surface area contributed by atoms with Gasteiger partial charge < -0.3 is 4.90 Å². The Balaban J connectivity index is 3.01. The van der Waals surface area contributed by atoms with Gasteiger partial charge in [-0.3, -0.25) is 4.79 Å². The number of carbonyl (C=O) groups is 1. The molecule has 0 aliphatic rings. The van der Waals surface area contributed by atoms with Gasteiger partial charge in [0.05, 0.1) is 0 Å². The molecule has 0 unspecified atom stereocenters. The van der Waals surface area contributed by atoms with Crippen LogP contribution in [0.25, 0.3) is 0 Å². The molecule has 0 bridgehead atoms. The smallest absolute Gasteiger partial charge is 0.232 e. The lowest BCUT2D eigenvalue weighted by Crippen LogP contribution is -2.36. The van der Waals surface area contributed by atoms with Gasteiger partial charge >= 0.3 is 0 Å². The van der Waals surface area contributed by atoms with Crippen molar-refractivity contribution < 1.29 is 4.79 Å². The van der Waals surface area contributed by atoms with Crippen LogP contribution < -0.4 is 4.90 Å². The molecular formula is C13H19NO. The van der Waals surface area contributed by atoms with Crippen LogP contribution in [0.4, 0.5) is 5.69 Å². The fraction of sp³-hybridized carbons (Fsp3) is 0.462. The highest BCUT2D eigenvalue weighted by molar-refractivity contribution is 5.96.